The van der Waals surface area contributed by atoms with Crippen LogP contribution in [-0.2, 0) is 19.5 Å². The maximum absolute atomic E-state index is 12.3. The molecule has 4 aromatic rings. The minimum absolute atomic E-state index is 0.251. The lowest BCUT2D eigenvalue weighted by atomic mass is 10.0. The Hall–Kier alpha value is -3.71. The van der Waals surface area contributed by atoms with Crippen LogP contribution in [0, 0.1) is 0 Å². The molecule has 0 unspecified atom stereocenters. The summed E-state index contributed by atoms with van der Waals surface area (Å²) in [7, 11) is 0. The van der Waals surface area contributed by atoms with Crippen LogP contribution >= 0.6 is 0 Å². The van der Waals surface area contributed by atoms with Gasteiger partial charge >= 0.3 is 0 Å². The maximum atomic E-state index is 12.3. The Balaban J connectivity index is 1.22. The number of fused-ring (bicyclic) bond motifs is 1. The van der Waals surface area contributed by atoms with Crippen LogP contribution in [-0.4, -0.2) is 38.7 Å². The third-order valence-electron chi connectivity index (χ3n) is 6.09. The number of rotatable bonds is 6. The Labute approximate surface area is 193 Å². The summed E-state index contributed by atoms with van der Waals surface area (Å²) < 4.78 is 7.33. The fourth-order valence-electron chi connectivity index (χ4n) is 4.30. The summed E-state index contributed by atoms with van der Waals surface area (Å²) in [6.07, 6.45) is 2.32. The van der Waals surface area contributed by atoms with E-state index in [-0.39, 0.29) is 11.9 Å². The van der Waals surface area contributed by atoms with Crippen molar-refractivity contribution in [3.05, 3.63) is 96.0 Å². The zero-order valence-electron chi connectivity index (χ0n) is 18.6. The van der Waals surface area contributed by atoms with Gasteiger partial charge < -0.3 is 14.3 Å². The van der Waals surface area contributed by atoms with E-state index < -0.39 is 0 Å². The average Bonchev–Trinajstić information content (AvgIpc) is 3.49. The molecule has 2 aromatic carbocycles. The molecule has 1 aliphatic rings. The van der Waals surface area contributed by atoms with E-state index in [2.05, 4.69) is 73.5 Å². The molecule has 7 nitrogen and oxygen atoms in total. The Morgan fingerprint density at radius 2 is 1.76 bits per heavy atom. The summed E-state index contributed by atoms with van der Waals surface area (Å²) in [6.45, 7) is 5.44. The lowest BCUT2D eigenvalue weighted by Gasteiger charge is -2.20. The molecule has 0 aliphatic carbocycles. The van der Waals surface area contributed by atoms with Crippen LogP contribution in [0.4, 0.5) is 0 Å². The number of carbonyl (C=O) groups is 1. The Morgan fingerprint density at radius 1 is 0.970 bits per heavy atom. The van der Waals surface area contributed by atoms with Gasteiger partial charge in [-0.2, -0.15) is 0 Å². The second-order valence-corrected chi connectivity index (χ2v) is 8.39. The van der Waals surface area contributed by atoms with Crippen LogP contribution in [0.1, 0.15) is 40.7 Å². The van der Waals surface area contributed by atoms with Gasteiger partial charge in [0.15, 0.2) is 11.6 Å². The van der Waals surface area contributed by atoms with Crippen molar-refractivity contribution in [2.75, 3.05) is 13.1 Å². The quantitative estimate of drug-likeness (QED) is 0.488. The Bertz CT molecular complexity index is 1200. The largest absolute Gasteiger partial charge is 0.459 e. The van der Waals surface area contributed by atoms with Gasteiger partial charge in [0.25, 0.3) is 5.91 Å². The molecule has 1 aliphatic heterocycles. The summed E-state index contributed by atoms with van der Waals surface area (Å²) in [6, 6.07) is 22.3. The molecule has 0 saturated carbocycles. The summed E-state index contributed by atoms with van der Waals surface area (Å²) in [5, 5.41) is 11.7. The van der Waals surface area contributed by atoms with Gasteiger partial charge in [0.05, 0.1) is 12.3 Å². The Morgan fingerprint density at radius 3 is 2.52 bits per heavy atom. The molecule has 1 atom stereocenters. The number of nitrogens with zero attached hydrogens (tertiary/aromatic N) is 4. The van der Waals surface area contributed by atoms with Gasteiger partial charge in [0.2, 0.25) is 0 Å². The van der Waals surface area contributed by atoms with Crippen molar-refractivity contribution >= 4 is 5.91 Å². The molecule has 2 aromatic heterocycles. The summed E-state index contributed by atoms with van der Waals surface area (Å²) in [5.74, 6) is 1.78. The monoisotopic (exact) mass is 441 g/mol. The number of hydrogen-bond donors (Lipinski definition) is 1. The normalized spacial score (nSPS) is 14.9. The first kappa shape index (κ1) is 21.2. The highest BCUT2D eigenvalue weighted by Gasteiger charge is 2.23. The van der Waals surface area contributed by atoms with Crippen LogP contribution in [0.2, 0.25) is 0 Å². The average molecular weight is 442 g/mol. The molecule has 1 N–H and O–H groups in total. The smallest absolute Gasteiger partial charge is 0.287 e. The van der Waals surface area contributed by atoms with Crippen molar-refractivity contribution < 1.29 is 9.21 Å². The number of hydrogen-bond acceptors (Lipinski definition) is 5. The third-order valence-corrected chi connectivity index (χ3v) is 6.09. The third kappa shape index (κ3) is 4.73. The lowest BCUT2D eigenvalue weighted by molar-refractivity contribution is 0.0909. The van der Waals surface area contributed by atoms with Crippen molar-refractivity contribution in [3.8, 4) is 11.1 Å². The van der Waals surface area contributed by atoms with E-state index in [4.69, 9.17) is 4.42 Å². The summed E-state index contributed by atoms with van der Waals surface area (Å²) >= 11 is 0. The number of nitrogens with one attached hydrogen (secondary N) is 1. The van der Waals surface area contributed by atoms with Gasteiger partial charge in [-0.1, -0.05) is 54.6 Å². The van der Waals surface area contributed by atoms with Gasteiger partial charge in [-0.05, 0) is 35.7 Å². The molecule has 0 fully saturated rings. The van der Waals surface area contributed by atoms with Gasteiger partial charge in [-0.25, -0.2) is 0 Å². The van der Waals surface area contributed by atoms with Crippen molar-refractivity contribution in [2.45, 2.75) is 32.5 Å². The second kappa shape index (κ2) is 9.42. The number of amides is 1. The first-order valence-corrected chi connectivity index (χ1v) is 11.3. The molecule has 168 valence electrons. The van der Waals surface area contributed by atoms with Crippen molar-refractivity contribution in [1.29, 1.82) is 0 Å². The highest BCUT2D eigenvalue weighted by molar-refractivity contribution is 5.91. The van der Waals surface area contributed by atoms with Crippen LogP contribution in [0.5, 0.6) is 0 Å². The fraction of sp³-hybridized carbons (Fsp3) is 0.269. The minimum atomic E-state index is -0.263. The molecular weight excluding hydrogens is 414 g/mol. The molecule has 5 rings (SSSR count). The molecular formula is C26H27N5O2. The standard InChI is InChI=1S/C26H27N5O2/c1-19(27-26(32)23-8-5-17-33-23)25-29-28-24-13-14-30(15-16-31(24)25)18-20-9-11-22(12-10-20)21-6-3-2-4-7-21/h2-12,17,19H,13-16,18H2,1H3,(H,27,32)/t19-/m0/s1. The van der Waals surface area contributed by atoms with Crippen LogP contribution in [0.25, 0.3) is 11.1 Å². The van der Waals surface area contributed by atoms with E-state index in [1.807, 2.05) is 13.0 Å². The molecule has 0 radical (unpaired) electrons. The van der Waals surface area contributed by atoms with Gasteiger partial charge in [-0.15, -0.1) is 10.2 Å². The zero-order chi connectivity index (χ0) is 22.6. The lowest BCUT2D eigenvalue weighted by Crippen LogP contribution is -2.30. The predicted octanol–water partition coefficient (Wildman–Crippen LogP) is 4.09. The van der Waals surface area contributed by atoms with E-state index in [0.717, 1.165) is 44.2 Å². The molecule has 1 amide bonds. The fourth-order valence-corrected chi connectivity index (χ4v) is 4.30. The molecule has 7 heteroatoms. The zero-order valence-corrected chi connectivity index (χ0v) is 18.6. The van der Waals surface area contributed by atoms with Gasteiger partial charge in [-0.3, -0.25) is 9.69 Å². The molecule has 0 bridgehead atoms. The topological polar surface area (TPSA) is 76.2 Å². The van der Waals surface area contributed by atoms with E-state index in [1.165, 1.54) is 23.0 Å². The van der Waals surface area contributed by atoms with E-state index in [1.54, 1.807) is 12.1 Å². The van der Waals surface area contributed by atoms with Crippen molar-refractivity contribution in [2.24, 2.45) is 0 Å². The molecule has 0 saturated heterocycles. The van der Waals surface area contributed by atoms with E-state index in [9.17, 15) is 4.79 Å². The number of aromatic nitrogens is 3. The SMILES string of the molecule is C[C@H](NC(=O)c1ccco1)c1nnc2n1CCN(Cc1ccc(-c3ccccc3)cc1)CC2. The predicted molar refractivity (Wildman–Crippen MR) is 125 cm³/mol. The van der Waals surface area contributed by atoms with E-state index >= 15 is 0 Å². The summed E-state index contributed by atoms with van der Waals surface area (Å²) in [4.78, 5) is 14.8. The first-order valence-electron chi connectivity index (χ1n) is 11.3. The highest BCUT2D eigenvalue weighted by Crippen LogP contribution is 2.21. The highest BCUT2D eigenvalue weighted by atomic mass is 16.3. The number of carbonyl (C=O) groups excluding carboxylic acids is 1. The molecule has 33 heavy (non-hydrogen) atoms. The maximum Gasteiger partial charge on any atom is 0.287 e. The summed E-state index contributed by atoms with van der Waals surface area (Å²) in [5.41, 5.74) is 3.76. The van der Waals surface area contributed by atoms with Gasteiger partial charge in [0, 0.05) is 32.6 Å². The van der Waals surface area contributed by atoms with Gasteiger partial charge in [0.1, 0.15) is 5.82 Å². The molecule has 3 heterocycles. The van der Waals surface area contributed by atoms with E-state index in [0.29, 0.717) is 5.76 Å². The van der Waals surface area contributed by atoms with Crippen molar-refractivity contribution in [3.63, 3.8) is 0 Å². The Kier molecular flexibility index (Phi) is 6.04. The van der Waals surface area contributed by atoms with Crippen LogP contribution in [0.3, 0.4) is 0 Å². The minimum Gasteiger partial charge on any atom is -0.459 e. The molecule has 0 spiro atoms. The van der Waals surface area contributed by atoms with Crippen molar-refractivity contribution in [1.82, 2.24) is 25.0 Å². The van der Waals surface area contributed by atoms with Crippen LogP contribution in [0.15, 0.2) is 77.4 Å². The first-order chi connectivity index (χ1) is 16.2. The number of furan rings is 1. The second-order valence-electron chi connectivity index (χ2n) is 8.39. The number of benzene rings is 2. The van der Waals surface area contributed by atoms with Crippen LogP contribution < -0.4 is 5.32 Å².